The van der Waals surface area contributed by atoms with E-state index in [0.717, 1.165) is 19.1 Å². The third-order valence-electron chi connectivity index (χ3n) is 3.59. The van der Waals surface area contributed by atoms with E-state index >= 15 is 0 Å². The number of nitrogens with zero attached hydrogens (tertiary/aromatic N) is 1. The molecule has 6 heteroatoms. The van der Waals surface area contributed by atoms with Gasteiger partial charge in [0.05, 0.1) is 4.90 Å². The summed E-state index contributed by atoms with van der Waals surface area (Å²) in [4.78, 5) is 14.1. The van der Waals surface area contributed by atoms with E-state index in [1.165, 1.54) is 12.1 Å². The van der Waals surface area contributed by atoms with E-state index in [2.05, 4.69) is 0 Å². The van der Waals surface area contributed by atoms with Gasteiger partial charge in [0.15, 0.2) is 9.84 Å². The maximum Gasteiger partial charge on any atom is 0.253 e. The highest BCUT2D eigenvalue weighted by molar-refractivity contribution is 7.90. The lowest BCUT2D eigenvalue weighted by Crippen LogP contribution is -2.37. The van der Waals surface area contributed by atoms with E-state index in [1.54, 1.807) is 24.1 Å². The van der Waals surface area contributed by atoms with E-state index in [0.29, 0.717) is 18.0 Å². The summed E-state index contributed by atoms with van der Waals surface area (Å²) in [6.45, 7) is 0.690. The summed E-state index contributed by atoms with van der Waals surface area (Å²) in [6, 6.07) is 6.05. The van der Waals surface area contributed by atoms with Crippen LogP contribution in [0.1, 0.15) is 23.2 Å². The number of rotatable bonds is 4. The number of carbonyl (C=O) groups is 1. The van der Waals surface area contributed by atoms with E-state index in [1.807, 2.05) is 0 Å². The van der Waals surface area contributed by atoms with Gasteiger partial charge in [0.2, 0.25) is 0 Å². The van der Waals surface area contributed by atoms with Gasteiger partial charge in [0.25, 0.3) is 5.91 Å². The van der Waals surface area contributed by atoms with Crippen LogP contribution >= 0.6 is 11.6 Å². The van der Waals surface area contributed by atoms with Crippen LogP contribution in [0.2, 0.25) is 0 Å². The summed E-state index contributed by atoms with van der Waals surface area (Å²) >= 11 is 5.92. The Morgan fingerprint density at radius 1 is 1.30 bits per heavy atom. The van der Waals surface area contributed by atoms with Gasteiger partial charge in [-0.3, -0.25) is 4.79 Å². The van der Waals surface area contributed by atoms with Crippen molar-refractivity contribution in [1.82, 2.24) is 4.90 Å². The standard InChI is InChI=1S/C14H18ClNO3S/c1-16(9-10-7-12(15)8-10)14(17)11-3-5-13(6-4-11)20(2,18)19/h3-6,10,12H,7-9H2,1-2H3. The minimum Gasteiger partial charge on any atom is -0.341 e. The summed E-state index contributed by atoms with van der Waals surface area (Å²) in [7, 11) is -1.47. The second kappa shape index (κ2) is 5.74. The smallest absolute Gasteiger partial charge is 0.253 e. The van der Waals surface area contributed by atoms with Gasteiger partial charge in [-0.1, -0.05) is 0 Å². The molecule has 0 spiro atoms. The molecule has 1 saturated carbocycles. The Balaban J connectivity index is 2.01. The lowest BCUT2D eigenvalue weighted by molar-refractivity contribution is 0.0747. The molecule has 0 heterocycles. The summed E-state index contributed by atoms with van der Waals surface area (Å²) in [5, 5.41) is 0.248. The van der Waals surface area contributed by atoms with E-state index in [4.69, 9.17) is 11.6 Å². The third kappa shape index (κ3) is 3.52. The van der Waals surface area contributed by atoms with Crippen LogP contribution in [0.5, 0.6) is 0 Å². The molecule has 1 aliphatic carbocycles. The largest absolute Gasteiger partial charge is 0.341 e. The Hall–Kier alpha value is -1.07. The van der Waals surface area contributed by atoms with Gasteiger partial charge in [0, 0.05) is 30.8 Å². The van der Waals surface area contributed by atoms with Crippen molar-refractivity contribution in [3.05, 3.63) is 29.8 Å². The molecule has 2 rings (SSSR count). The lowest BCUT2D eigenvalue weighted by Gasteiger charge is -2.34. The van der Waals surface area contributed by atoms with Gasteiger partial charge in [-0.05, 0) is 43.0 Å². The first kappa shape index (κ1) is 15.3. The fourth-order valence-corrected chi connectivity index (χ4v) is 3.47. The Labute approximate surface area is 124 Å². The number of hydrogen-bond acceptors (Lipinski definition) is 3. The van der Waals surface area contributed by atoms with Crippen molar-refractivity contribution in [1.29, 1.82) is 0 Å². The second-order valence-electron chi connectivity index (χ2n) is 5.42. The first-order chi connectivity index (χ1) is 9.27. The van der Waals surface area contributed by atoms with E-state index < -0.39 is 9.84 Å². The molecule has 0 unspecified atom stereocenters. The van der Waals surface area contributed by atoms with Crippen LogP contribution in [0.4, 0.5) is 0 Å². The summed E-state index contributed by atoms with van der Waals surface area (Å²) in [5.41, 5.74) is 0.502. The predicted molar refractivity (Wildman–Crippen MR) is 78.9 cm³/mol. The van der Waals surface area contributed by atoms with Crippen molar-refractivity contribution in [2.24, 2.45) is 5.92 Å². The first-order valence-corrected chi connectivity index (χ1v) is 8.80. The van der Waals surface area contributed by atoms with Gasteiger partial charge in [0.1, 0.15) is 0 Å². The highest BCUT2D eigenvalue weighted by Crippen LogP contribution is 2.32. The number of carbonyl (C=O) groups excluding carboxylic acids is 1. The zero-order valence-electron chi connectivity index (χ0n) is 11.5. The van der Waals surface area contributed by atoms with Crippen molar-refractivity contribution in [2.75, 3.05) is 19.8 Å². The zero-order chi connectivity index (χ0) is 14.9. The number of alkyl halides is 1. The molecule has 0 radical (unpaired) electrons. The second-order valence-corrected chi connectivity index (χ2v) is 8.05. The normalized spacial score (nSPS) is 22.1. The fraction of sp³-hybridized carbons (Fsp3) is 0.500. The highest BCUT2D eigenvalue weighted by atomic mass is 35.5. The Morgan fingerprint density at radius 2 is 1.85 bits per heavy atom. The van der Waals surface area contributed by atoms with Crippen molar-refractivity contribution < 1.29 is 13.2 Å². The van der Waals surface area contributed by atoms with Crippen molar-refractivity contribution in [3.8, 4) is 0 Å². The zero-order valence-corrected chi connectivity index (χ0v) is 13.1. The number of benzene rings is 1. The molecule has 0 saturated heterocycles. The molecule has 0 N–H and O–H groups in total. The number of hydrogen-bond donors (Lipinski definition) is 0. The number of amides is 1. The van der Waals surface area contributed by atoms with Gasteiger partial charge in [-0.15, -0.1) is 11.6 Å². The molecular weight excluding hydrogens is 298 g/mol. The van der Waals surface area contributed by atoms with Gasteiger partial charge >= 0.3 is 0 Å². The highest BCUT2D eigenvalue weighted by Gasteiger charge is 2.29. The molecule has 0 aromatic heterocycles. The molecule has 1 aromatic rings. The molecule has 0 bridgehead atoms. The Kier molecular flexibility index (Phi) is 4.39. The maximum absolute atomic E-state index is 12.2. The molecule has 1 aromatic carbocycles. The van der Waals surface area contributed by atoms with Gasteiger partial charge in [-0.2, -0.15) is 0 Å². The average molecular weight is 316 g/mol. The lowest BCUT2D eigenvalue weighted by atomic mass is 9.84. The molecule has 4 nitrogen and oxygen atoms in total. The van der Waals surface area contributed by atoms with Crippen LogP contribution in [0.15, 0.2) is 29.2 Å². The topological polar surface area (TPSA) is 54.5 Å². The summed E-state index contributed by atoms with van der Waals surface area (Å²) in [6.07, 6.45) is 3.05. The predicted octanol–water partition coefficient (Wildman–Crippen LogP) is 2.18. The molecule has 20 heavy (non-hydrogen) atoms. The van der Waals surface area contributed by atoms with Crippen LogP contribution in [0.25, 0.3) is 0 Å². The average Bonchev–Trinajstić information content (AvgIpc) is 2.35. The maximum atomic E-state index is 12.2. The molecule has 1 aliphatic rings. The SMILES string of the molecule is CN(CC1CC(Cl)C1)C(=O)c1ccc(S(C)(=O)=O)cc1. The summed E-state index contributed by atoms with van der Waals surface area (Å²) in [5.74, 6) is 0.379. The molecule has 0 atom stereocenters. The molecule has 1 fully saturated rings. The molecule has 0 aliphatic heterocycles. The Morgan fingerprint density at radius 3 is 2.30 bits per heavy atom. The van der Waals surface area contributed by atoms with Crippen LogP contribution in [-0.2, 0) is 9.84 Å². The van der Waals surface area contributed by atoms with Crippen molar-refractivity contribution >= 4 is 27.3 Å². The first-order valence-electron chi connectivity index (χ1n) is 6.47. The number of sulfone groups is 1. The fourth-order valence-electron chi connectivity index (χ4n) is 2.34. The van der Waals surface area contributed by atoms with E-state index in [-0.39, 0.29) is 16.2 Å². The van der Waals surface area contributed by atoms with Crippen molar-refractivity contribution in [3.63, 3.8) is 0 Å². The van der Waals surface area contributed by atoms with Crippen LogP contribution < -0.4 is 0 Å². The van der Waals surface area contributed by atoms with Crippen LogP contribution in [0.3, 0.4) is 0 Å². The molecular formula is C14H18ClNO3S. The summed E-state index contributed by atoms with van der Waals surface area (Å²) < 4.78 is 22.7. The Bertz CT molecular complexity index is 591. The van der Waals surface area contributed by atoms with Gasteiger partial charge < -0.3 is 4.90 Å². The minimum atomic E-state index is -3.23. The molecule has 1 amide bonds. The van der Waals surface area contributed by atoms with Crippen LogP contribution in [0, 0.1) is 5.92 Å². The van der Waals surface area contributed by atoms with E-state index in [9.17, 15) is 13.2 Å². The number of halogens is 1. The monoisotopic (exact) mass is 315 g/mol. The van der Waals surface area contributed by atoms with Gasteiger partial charge in [-0.25, -0.2) is 8.42 Å². The van der Waals surface area contributed by atoms with Crippen LogP contribution in [-0.4, -0.2) is 44.5 Å². The molecule has 110 valence electrons. The minimum absolute atomic E-state index is 0.0944. The quantitative estimate of drug-likeness (QED) is 0.800. The van der Waals surface area contributed by atoms with Crippen molar-refractivity contribution in [2.45, 2.75) is 23.1 Å². The third-order valence-corrected chi connectivity index (χ3v) is 5.07.